The van der Waals surface area contributed by atoms with Gasteiger partial charge in [0.2, 0.25) is 0 Å². The van der Waals surface area contributed by atoms with E-state index in [1.165, 1.54) is 12.8 Å². The van der Waals surface area contributed by atoms with Gasteiger partial charge in [-0.15, -0.1) is 0 Å². The Kier molecular flexibility index (Phi) is 6.83. The number of anilines is 2. The van der Waals surface area contributed by atoms with Crippen molar-refractivity contribution in [3.05, 3.63) is 58.1 Å². The quantitative estimate of drug-likeness (QED) is 0.504. The van der Waals surface area contributed by atoms with E-state index in [9.17, 15) is 14.7 Å². The molecule has 7 nitrogen and oxygen atoms in total. The Hall–Kier alpha value is -2.42. The van der Waals surface area contributed by atoms with Crippen molar-refractivity contribution in [1.82, 2.24) is 10.2 Å². The highest BCUT2D eigenvalue weighted by Gasteiger charge is 2.52. The van der Waals surface area contributed by atoms with Gasteiger partial charge < -0.3 is 20.6 Å². The van der Waals surface area contributed by atoms with Crippen molar-refractivity contribution in [3.8, 4) is 0 Å². The van der Waals surface area contributed by atoms with E-state index in [-0.39, 0.29) is 0 Å². The predicted octanol–water partition coefficient (Wildman–Crippen LogP) is 3.81. The molecule has 0 aromatic heterocycles. The molecule has 1 atom stereocenters. The van der Waals surface area contributed by atoms with Crippen LogP contribution in [0.2, 0.25) is 0 Å². The molecule has 1 unspecified atom stereocenters. The zero-order valence-electron chi connectivity index (χ0n) is 18.2. The summed E-state index contributed by atoms with van der Waals surface area (Å²) in [5, 5.41) is 17.5. The van der Waals surface area contributed by atoms with Gasteiger partial charge in [0.1, 0.15) is 0 Å². The highest BCUT2D eigenvalue weighted by molar-refractivity contribution is 9.10. The van der Waals surface area contributed by atoms with Gasteiger partial charge in [-0.05, 0) is 81.2 Å². The van der Waals surface area contributed by atoms with Crippen LogP contribution < -0.4 is 15.5 Å². The average molecular weight is 501 g/mol. The number of amides is 3. The summed E-state index contributed by atoms with van der Waals surface area (Å²) in [4.78, 5) is 30.0. The second-order valence-electron chi connectivity index (χ2n) is 8.31. The molecule has 3 amide bonds. The lowest BCUT2D eigenvalue weighted by molar-refractivity contribution is -0.140. The molecule has 0 saturated carbocycles. The van der Waals surface area contributed by atoms with Crippen molar-refractivity contribution in [1.29, 1.82) is 0 Å². The van der Waals surface area contributed by atoms with Gasteiger partial charge >= 0.3 is 6.03 Å². The first-order valence-corrected chi connectivity index (χ1v) is 12.0. The molecule has 2 aliphatic rings. The summed E-state index contributed by atoms with van der Waals surface area (Å²) in [6, 6.07) is 11.9. The first-order valence-electron chi connectivity index (χ1n) is 11.2. The van der Waals surface area contributed by atoms with Crippen LogP contribution in [0.25, 0.3) is 0 Å². The molecule has 0 bridgehead atoms. The summed E-state index contributed by atoms with van der Waals surface area (Å²) < 4.78 is 0.703. The van der Waals surface area contributed by atoms with E-state index >= 15 is 0 Å². The van der Waals surface area contributed by atoms with Crippen LogP contribution in [-0.4, -0.2) is 48.1 Å². The Bertz CT molecular complexity index is 991. The summed E-state index contributed by atoms with van der Waals surface area (Å²) in [7, 11) is 0. The molecule has 1 saturated heterocycles. The summed E-state index contributed by atoms with van der Waals surface area (Å²) in [6.07, 6.45) is 4.08. The van der Waals surface area contributed by atoms with Crippen LogP contribution in [0.4, 0.5) is 16.2 Å². The fourth-order valence-corrected chi connectivity index (χ4v) is 4.76. The molecule has 3 N–H and O–H groups in total. The van der Waals surface area contributed by atoms with E-state index in [2.05, 4.69) is 31.5 Å². The lowest BCUT2D eigenvalue weighted by atomic mass is 9.94. The number of nitrogens with one attached hydrogen (secondary N) is 2. The van der Waals surface area contributed by atoms with Gasteiger partial charge in [0.25, 0.3) is 11.6 Å². The maximum atomic E-state index is 13.4. The minimum Gasteiger partial charge on any atom is -0.359 e. The van der Waals surface area contributed by atoms with Crippen molar-refractivity contribution >= 4 is 39.2 Å². The van der Waals surface area contributed by atoms with E-state index in [1.807, 2.05) is 19.1 Å². The smallest absolute Gasteiger partial charge is 0.329 e. The first-order chi connectivity index (χ1) is 15.4. The standard InChI is InChI=1S/C24H29BrN4O3/c1-2-17-6-9-19(10-7-17)29-23(31)27-21-11-8-18(25)16-20(21)24(29,32)22(30)26-12-5-15-28-13-3-4-14-28/h6-11,16,32H,2-5,12-15H2,1H3,(H,26,30)(H,27,31). The molecule has 170 valence electrons. The molecule has 0 spiro atoms. The van der Waals surface area contributed by atoms with Crippen LogP contribution in [0.5, 0.6) is 0 Å². The Balaban J connectivity index is 1.63. The van der Waals surface area contributed by atoms with Gasteiger partial charge in [0.15, 0.2) is 0 Å². The van der Waals surface area contributed by atoms with E-state index in [4.69, 9.17) is 0 Å². The molecule has 32 heavy (non-hydrogen) atoms. The molecule has 2 aliphatic heterocycles. The number of benzene rings is 2. The Morgan fingerprint density at radius 2 is 1.91 bits per heavy atom. The number of nitrogens with zero attached hydrogens (tertiary/aromatic N) is 2. The second-order valence-corrected chi connectivity index (χ2v) is 9.22. The minimum atomic E-state index is -2.18. The van der Waals surface area contributed by atoms with Gasteiger partial charge in [-0.25, -0.2) is 4.79 Å². The monoisotopic (exact) mass is 500 g/mol. The highest BCUT2D eigenvalue weighted by Crippen LogP contribution is 2.41. The minimum absolute atomic E-state index is 0.322. The summed E-state index contributed by atoms with van der Waals surface area (Å²) in [5.74, 6) is -0.618. The fraction of sp³-hybridized carbons (Fsp3) is 0.417. The van der Waals surface area contributed by atoms with Crippen LogP contribution in [0.3, 0.4) is 0 Å². The molecule has 4 rings (SSSR count). The molecule has 1 fully saturated rings. The predicted molar refractivity (Wildman–Crippen MR) is 129 cm³/mol. The number of hydrogen-bond acceptors (Lipinski definition) is 4. The van der Waals surface area contributed by atoms with Crippen LogP contribution >= 0.6 is 15.9 Å². The Morgan fingerprint density at radius 1 is 1.19 bits per heavy atom. The number of halogens is 1. The topological polar surface area (TPSA) is 84.9 Å². The largest absolute Gasteiger partial charge is 0.359 e. The third-order valence-corrected chi connectivity index (χ3v) is 6.67. The van der Waals surface area contributed by atoms with E-state index in [1.54, 1.807) is 30.3 Å². The second kappa shape index (κ2) is 9.60. The number of aryl methyl sites for hydroxylation is 1. The zero-order valence-corrected chi connectivity index (χ0v) is 19.8. The van der Waals surface area contributed by atoms with E-state index in [0.29, 0.717) is 28.0 Å². The molecule has 8 heteroatoms. The fourth-order valence-electron chi connectivity index (χ4n) is 4.40. The zero-order chi connectivity index (χ0) is 22.7. The molecule has 2 aromatic carbocycles. The summed E-state index contributed by atoms with van der Waals surface area (Å²) in [5.41, 5.74) is 0.102. The first kappa shape index (κ1) is 22.8. The third-order valence-electron chi connectivity index (χ3n) is 6.18. The van der Waals surface area contributed by atoms with Gasteiger partial charge in [-0.1, -0.05) is 35.0 Å². The van der Waals surface area contributed by atoms with Gasteiger partial charge in [-0.2, -0.15) is 0 Å². The van der Waals surface area contributed by atoms with Crippen molar-refractivity contribution < 1.29 is 14.7 Å². The maximum absolute atomic E-state index is 13.4. The third kappa shape index (κ3) is 4.40. The molecule has 0 radical (unpaired) electrons. The van der Waals surface area contributed by atoms with Crippen LogP contribution in [0, 0.1) is 0 Å². The van der Waals surface area contributed by atoms with Gasteiger partial charge in [0, 0.05) is 22.3 Å². The summed E-state index contributed by atoms with van der Waals surface area (Å²) in [6.45, 7) is 5.57. The van der Waals surface area contributed by atoms with E-state index in [0.717, 1.165) is 42.9 Å². The Morgan fingerprint density at radius 3 is 2.59 bits per heavy atom. The van der Waals surface area contributed by atoms with Gasteiger partial charge in [0.05, 0.1) is 5.69 Å². The number of rotatable bonds is 7. The Labute approximate surface area is 196 Å². The van der Waals surface area contributed by atoms with Gasteiger partial charge in [-0.3, -0.25) is 9.69 Å². The molecule has 2 heterocycles. The lowest BCUT2D eigenvalue weighted by Crippen LogP contribution is -2.62. The maximum Gasteiger partial charge on any atom is 0.329 e. The summed E-state index contributed by atoms with van der Waals surface area (Å²) >= 11 is 3.42. The van der Waals surface area contributed by atoms with Crippen molar-refractivity contribution in [3.63, 3.8) is 0 Å². The van der Waals surface area contributed by atoms with E-state index < -0.39 is 17.7 Å². The van der Waals surface area contributed by atoms with Crippen LogP contribution in [0.1, 0.15) is 37.3 Å². The number of fused-ring (bicyclic) bond motifs is 1. The molecule has 0 aliphatic carbocycles. The number of urea groups is 1. The SMILES string of the molecule is CCc1ccc(N2C(=O)Nc3ccc(Br)cc3C2(O)C(=O)NCCCN2CCCC2)cc1. The van der Waals surface area contributed by atoms with Crippen LogP contribution in [-0.2, 0) is 16.9 Å². The van der Waals surface area contributed by atoms with Crippen molar-refractivity contribution in [2.75, 3.05) is 36.4 Å². The number of carbonyl (C=O) groups excluding carboxylic acids is 2. The lowest BCUT2D eigenvalue weighted by Gasteiger charge is -2.42. The number of hydrogen-bond donors (Lipinski definition) is 3. The number of likely N-dealkylation sites (tertiary alicyclic amines) is 1. The number of aliphatic hydroxyl groups is 1. The highest BCUT2D eigenvalue weighted by atomic mass is 79.9. The average Bonchev–Trinajstić information content (AvgIpc) is 3.31. The molecular weight excluding hydrogens is 472 g/mol. The van der Waals surface area contributed by atoms with Crippen molar-refractivity contribution in [2.24, 2.45) is 0 Å². The molecular formula is C24H29BrN4O3. The van der Waals surface area contributed by atoms with Crippen LogP contribution in [0.15, 0.2) is 46.9 Å². The molecule has 2 aromatic rings. The number of carbonyl (C=O) groups is 2. The van der Waals surface area contributed by atoms with Crippen molar-refractivity contribution in [2.45, 2.75) is 38.3 Å². The normalized spacial score (nSPS) is 20.7.